The van der Waals surface area contributed by atoms with Gasteiger partial charge >= 0.3 is 16.5 Å². The van der Waals surface area contributed by atoms with E-state index in [0.717, 1.165) is 65.4 Å². The van der Waals surface area contributed by atoms with Gasteiger partial charge in [0.2, 0.25) is 0 Å². The predicted molar refractivity (Wildman–Crippen MR) is 206 cm³/mol. The first-order valence-electron chi connectivity index (χ1n) is 14.7. The van der Waals surface area contributed by atoms with Crippen LogP contribution in [0.5, 0.6) is 0 Å². The van der Waals surface area contributed by atoms with Gasteiger partial charge in [-0.3, -0.25) is 29.9 Å². The SMILES string of the molecule is O.O.O.O.O=[N+]([O-])[O-].O=[N+]([O-])[O-].[Ni+2].c1cnc2c(c1)ccc1cccnc12.c1cnc2c(c1)ccc1cccnc12.c1cnc2c(c1)ccc1cccnc12. The van der Waals surface area contributed by atoms with Crippen molar-refractivity contribution in [2.24, 2.45) is 0 Å². The van der Waals surface area contributed by atoms with Gasteiger partial charge in [-0.05, 0) is 36.4 Å². The normalized spacial score (nSPS) is 9.16. The van der Waals surface area contributed by atoms with Crippen LogP contribution in [0.15, 0.2) is 146 Å². The molecular formula is C36H32N8NiO10. The molecule has 286 valence electrons. The Kier molecular flexibility index (Phi) is 20.4. The topological polar surface area (TPSA) is 336 Å². The zero-order valence-electron chi connectivity index (χ0n) is 28.2. The molecule has 0 aliphatic carbocycles. The van der Waals surface area contributed by atoms with Crippen LogP contribution < -0.4 is 0 Å². The summed E-state index contributed by atoms with van der Waals surface area (Å²) in [6.45, 7) is 0. The average molecular weight is 795 g/mol. The van der Waals surface area contributed by atoms with E-state index in [2.05, 4.69) is 103 Å². The second-order valence-corrected chi connectivity index (χ2v) is 10.1. The summed E-state index contributed by atoms with van der Waals surface area (Å²) in [6.07, 6.45) is 10.8. The van der Waals surface area contributed by atoms with Gasteiger partial charge in [-0.2, -0.15) is 0 Å². The van der Waals surface area contributed by atoms with Crippen LogP contribution in [0.4, 0.5) is 0 Å². The molecule has 0 saturated carbocycles. The van der Waals surface area contributed by atoms with Crippen molar-refractivity contribution in [3.8, 4) is 0 Å². The molecule has 55 heavy (non-hydrogen) atoms. The van der Waals surface area contributed by atoms with Crippen LogP contribution in [0.3, 0.4) is 0 Å². The molecule has 0 saturated heterocycles. The molecule has 8 N–H and O–H groups in total. The number of hydrogen-bond donors (Lipinski definition) is 0. The van der Waals surface area contributed by atoms with Gasteiger partial charge in [0, 0.05) is 69.5 Å². The largest absolute Gasteiger partial charge is 2.00 e. The van der Waals surface area contributed by atoms with Crippen LogP contribution in [0, 0.1) is 30.6 Å². The van der Waals surface area contributed by atoms with E-state index in [9.17, 15) is 0 Å². The smallest absolute Gasteiger partial charge is 0.412 e. The molecule has 0 spiro atoms. The summed E-state index contributed by atoms with van der Waals surface area (Å²) in [6, 6.07) is 36.4. The zero-order valence-corrected chi connectivity index (χ0v) is 29.2. The molecule has 9 rings (SSSR count). The molecule has 6 heterocycles. The Hall–Kier alpha value is -7.15. The van der Waals surface area contributed by atoms with E-state index < -0.39 is 10.2 Å². The Morgan fingerprint density at radius 2 is 0.436 bits per heavy atom. The van der Waals surface area contributed by atoms with Crippen LogP contribution in [0.25, 0.3) is 65.4 Å². The van der Waals surface area contributed by atoms with Crippen LogP contribution >= 0.6 is 0 Å². The van der Waals surface area contributed by atoms with E-state index >= 15 is 0 Å². The molecule has 0 aliphatic rings. The minimum absolute atomic E-state index is 0. The molecular weight excluding hydrogens is 763 g/mol. The van der Waals surface area contributed by atoms with Gasteiger partial charge in [0.05, 0.1) is 43.3 Å². The van der Waals surface area contributed by atoms with Crippen molar-refractivity contribution < 1.29 is 48.6 Å². The first-order valence-corrected chi connectivity index (χ1v) is 14.7. The molecule has 3 aromatic carbocycles. The number of aromatic nitrogens is 6. The summed E-state index contributed by atoms with van der Waals surface area (Å²) in [5, 5.41) is 36.3. The van der Waals surface area contributed by atoms with Crippen molar-refractivity contribution in [1.82, 2.24) is 29.9 Å². The fourth-order valence-corrected chi connectivity index (χ4v) is 5.04. The monoisotopic (exact) mass is 794 g/mol. The molecule has 0 bridgehead atoms. The molecule has 0 aliphatic heterocycles. The summed E-state index contributed by atoms with van der Waals surface area (Å²) in [5.74, 6) is 0. The summed E-state index contributed by atoms with van der Waals surface area (Å²) >= 11 is 0. The number of rotatable bonds is 0. The predicted octanol–water partition coefficient (Wildman–Crippen LogP) is 4.57. The third-order valence-corrected chi connectivity index (χ3v) is 7.03. The van der Waals surface area contributed by atoms with E-state index in [0.29, 0.717) is 0 Å². The molecule has 0 radical (unpaired) electrons. The van der Waals surface area contributed by atoms with Crippen molar-refractivity contribution in [1.29, 1.82) is 0 Å². The molecule has 6 aromatic heterocycles. The summed E-state index contributed by atoms with van der Waals surface area (Å²) < 4.78 is 0. The summed E-state index contributed by atoms with van der Waals surface area (Å²) in [5.41, 5.74) is 5.86. The number of hydrogen-bond acceptors (Lipinski definition) is 12. The van der Waals surface area contributed by atoms with Crippen molar-refractivity contribution in [3.05, 3.63) is 177 Å². The minimum atomic E-state index is -1.75. The van der Waals surface area contributed by atoms with E-state index in [-0.39, 0.29) is 38.4 Å². The Morgan fingerprint density at radius 3 is 0.564 bits per heavy atom. The summed E-state index contributed by atoms with van der Waals surface area (Å²) in [4.78, 5) is 42.6. The number of pyridine rings is 6. The number of benzene rings is 3. The van der Waals surface area contributed by atoms with Crippen molar-refractivity contribution in [3.63, 3.8) is 0 Å². The Bertz CT molecular complexity index is 2140. The van der Waals surface area contributed by atoms with E-state index in [4.69, 9.17) is 30.6 Å². The fourth-order valence-electron chi connectivity index (χ4n) is 5.04. The van der Waals surface area contributed by atoms with Crippen LogP contribution in [-0.4, -0.2) is 62.0 Å². The van der Waals surface area contributed by atoms with E-state index in [1.807, 2.05) is 36.4 Å². The van der Waals surface area contributed by atoms with Crippen molar-refractivity contribution in [2.45, 2.75) is 0 Å². The maximum absolute atomic E-state index is 8.25. The zero-order chi connectivity index (χ0) is 35.3. The van der Waals surface area contributed by atoms with Gasteiger partial charge < -0.3 is 52.5 Å². The molecule has 0 unspecified atom stereocenters. The fraction of sp³-hybridized carbons (Fsp3) is 0. The minimum Gasteiger partial charge on any atom is -0.412 e. The third kappa shape index (κ3) is 12.8. The number of nitrogens with zero attached hydrogens (tertiary/aromatic N) is 8. The van der Waals surface area contributed by atoms with Crippen LogP contribution in [-0.2, 0) is 16.5 Å². The molecule has 0 amide bonds. The molecule has 19 heteroatoms. The quantitative estimate of drug-likeness (QED) is 0.0881. The maximum atomic E-state index is 8.25. The average Bonchev–Trinajstić information content (AvgIpc) is 3.15. The van der Waals surface area contributed by atoms with E-state index in [1.165, 1.54) is 0 Å². The first-order chi connectivity index (χ1) is 24.3. The maximum Gasteiger partial charge on any atom is 2.00 e. The van der Waals surface area contributed by atoms with E-state index in [1.54, 1.807) is 37.2 Å². The molecule has 18 nitrogen and oxygen atoms in total. The van der Waals surface area contributed by atoms with Gasteiger partial charge in [0.25, 0.3) is 0 Å². The van der Waals surface area contributed by atoms with Gasteiger partial charge in [-0.25, -0.2) is 0 Å². The Morgan fingerprint density at radius 1 is 0.309 bits per heavy atom. The standard InChI is InChI=1S/3C12H8N2.2NO3.Ni.4H2O/c3*1-3-9-5-6-10-4-2-8-14-12(10)11(9)13-7-1;2*2-1(3)4;;;;;/h3*1-8H;;;;4*1H2/q;;;2*-1;+2;;;;. The second kappa shape index (κ2) is 23.4. The van der Waals surface area contributed by atoms with Gasteiger partial charge in [0.15, 0.2) is 0 Å². The summed E-state index contributed by atoms with van der Waals surface area (Å²) in [7, 11) is 0. The van der Waals surface area contributed by atoms with Crippen LogP contribution in [0.1, 0.15) is 0 Å². The van der Waals surface area contributed by atoms with Gasteiger partial charge in [-0.15, -0.1) is 0 Å². The second-order valence-electron chi connectivity index (χ2n) is 10.1. The Labute approximate surface area is 320 Å². The van der Waals surface area contributed by atoms with Crippen molar-refractivity contribution >= 4 is 65.4 Å². The van der Waals surface area contributed by atoms with Crippen molar-refractivity contribution in [2.75, 3.05) is 0 Å². The number of fused-ring (bicyclic) bond motifs is 9. The van der Waals surface area contributed by atoms with Gasteiger partial charge in [0.1, 0.15) is 0 Å². The Balaban J connectivity index is 0.000000696. The van der Waals surface area contributed by atoms with Crippen LogP contribution in [0.2, 0.25) is 0 Å². The first kappa shape index (κ1) is 47.9. The molecule has 0 fully saturated rings. The molecule has 9 aromatic rings. The van der Waals surface area contributed by atoms with Gasteiger partial charge in [-0.1, -0.05) is 72.8 Å². The molecule has 0 atom stereocenters. The third-order valence-electron chi connectivity index (χ3n) is 7.03.